The summed E-state index contributed by atoms with van der Waals surface area (Å²) in [5.41, 5.74) is 4.00. The van der Waals surface area contributed by atoms with Crippen LogP contribution in [0.4, 0.5) is 0 Å². The van der Waals surface area contributed by atoms with Crippen LogP contribution in [0.25, 0.3) is 0 Å². The molecule has 0 spiro atoms. The highest BCUT2D eigenvalue weighted by molar-refractivity contribution is 5.40. The van der Waals surface area contributed by atoms with Crippen LogP contribution in [-0.4, -0.2) is 31.1 Å². The summed E-state index contributed by atoms with van der Waals surface area (Å²) in [6.45, 7) is 4.38. The van der Waals surface area contributed by atoms with Gasteiger partial charge in [0.25, 0.3) is 0 Å². The van der Waals surface area contributed by atoms with Crippen molar-refractivity contribution >= 4 is 0 Å². The summed E-state index contributed by atoms with van der Waals surface area (Å²) in [4.78, 5) is 2.65. The van der Waals surface area contributed by atoms with Crippen LogP contribution in [0.1, 0.15) is 48.7 Å². The summed E-state index contributed by atoms with van der Waals surface area (Å²) in [5, 5.41) is 0. The Morgan fingerprint density at radius 2 is 2.00 bits per heavy atom. The molecule has 1 aliphatic carbocycles. The summed E-state index contributed by atoms with van der Waals surface area (Å²) in [6, 6.07) is 17.6. The molecule has 0 aromatic heterocycles. The molecule has 1 fully saturated rings. The van der Waals surface area contributed by atoms with Crippen molar-refractivity contribution in [3.63, 3.8) is 0 Å². The van der Waals surface area contributed by atoms with Crippen molar-refractivity contribution in [2.24, 2.45) is 0 Å². The Morgan fingerprint density at radius 3 is 2.76 bits per heavy atom. The minimum Gasteiger partial charge on any atom is -0.497 e. The molecule has 25 heavy (non-hydrogen) atoms. The molecule has 0 unspecified atom stereocenters. The van der Waals surface area contributed by atoms with Crippen molar-refractivity contribution in [3.05, 3.63) is 65.2 Å². The van der Waals surface area contributed by atoms with Gasteiger partial charge in [0.1, 0.15) is 5.75 Å². The van der Waals surface area contributed by atoms with Crippen molar-refractivity contribution in [1.29, 1.82) is 0 Å². The second-order valence-corrected chi connectivity index (χ2v) is 7.12. The van der Waals surface area contributed by atoms with E-state index in [1.807, 2.05) is 0 Å². The molecule has 4 rings (SSSR count). The lowest BCUT2D eigenvalue weighted by Crippen LogP contribution is -2.50. The molecular weight excluding hydrogens is 310 g/mol. The average Bonchev–Trinajstić information content (AvgIpc) is 2.68. The van der Waals surface area contributed by atoms with E-state index in [1.165, 1.54) is 29.5 Å². The average molecular weight is 337 g/mol. The van der Waals surface area contributed by atoms with E-state index >= 15 is 0 Å². The normalized spacial score (nSPS) is 25.9. The van der Waals surface area contributed by atoms with Crippen LogP contribution in [0.3, 0.4) is 0 Å². The van der Waals surface area contributed by atoms with Gasteiger partial charge in [-0.3, -0.25) is 4.90 Å². The second-order valence-electron chi connectivity index (χ2n) is 7.12. The largest absolute Gasteiger partial charge is 0.497 e. The Morgan fingerprint density at radius 1 is 1.16 bits per heavy atom. The van der Waals surface area contributed by atoms with Crippen molar-refractivity contribution < 1.29 is 9.47 Å². The Bertz CT molecular complexity index is 715. The molecule has 0 amide bonds. The Labute approximate surface area is 150 Å². The maximum Gasteiger partial charge on any atom is 0.119 e. The van der Waals surface area contributed by atoms with Crippen molar-refractivity contribution in [2.45, 2.75) is 44.4 Å². The van der Waals surface area contributed by atoms with E-state index in [4.69, 9.17) is 9.47 Å². The molecule has 0 N–H and O–H groups in total. The lowest BCUT2D eigenvalue weighted by molar-refractivity contribution is -0.130. The number of hydrogen-bond acceptors (Lipinski definition) is 3. The van der Waals surface area contributed by atoms with Gasteiger partial charge in [0, 0.05) is 12.6 Å². The van der Waals surface area contributed by atoms with Gasteiger partial charge >= 0.3 is 0 Å². The van der Waals surface area contributed by atoms with E-state index in [1.54, 1.807) is 7.11 Å². The standard InChI is InChI=1S/C22H27NO2/c1-3-13-23-15-21(17-7-5-4-6-8-17)25-22-19-14-18(24-2)11-9-16(19)10-12-20(22)23/h4-9,11,14,20-22H,3,10,12-13,15H2,1-2H3/t20-,21+,22-/m1/s1. The molecule has 0 radical (unpaired) electrons. The topological polar surface area (TPSA) is 21.7 Å². The van der Waals surface area contributed by atoms with Gasteiger partial charge in [-0.2, -0.15) is 0 Å². The third-order valence-corrected chi connectivity index (χ3v) is 5.58. The first-order valence-corrected chi connectivity index (χ1v) is 9.41. The van der Waals surface area contributed by atoms with Gasteiger partial charge in [0.15, 0.2) is 0 Å². The zero-order valence-electron chi connectivity index (χ0n) is 15.2. The number of morpholine rings is 1. The predicted molar refractivity (Wildman–Crippen MR) is 100.0 cm³/mol. The molecule has 1 aliphatic heterocycles. The SMILES string of the molecule is CCCN1C[C@@H](c2ccccc2)O[C@@H]2c3cc(OC)ccc3CC[C@H]21. The molecule has 3 atom stereocenters. The van der Waals surface area contributed by atoms with E-state index in [9.17, 15) is 0 Å². The number of fused-ring (bicyclic) bond motifs is 3. The van der Waals surface area contributed by atoms with Crippen LogP contribution in [0.2, 0.25) is 0 Å². The highest BCUT2D eigenvalue weighted by Crippen LogP contribution is 2.44. The fourth-order valence-electron chi connectivity index (χ4n) is 4.36. The lowest BCUT2D eigenvalue weighted by atomic mass is 9.83. The van der Waals surface area contributed by atoms with Crippen LogP contribution >= 0.6 is 0 Å². The molecule has 3 nitrogen and oxygen atoms in total. The number of benzene rings is 2. The fraction of sp³-hybridized carbons (Fsp3) is 0.455. The van der Waals surface area contributed by atoms with E-state index in [2.05, 4.69) is 60.4 Å². The molecule has 132 valence electrons. The Balaban J connectivity index is 1.70. The Hall–Kier alpha value is -1.84. The maximum atomic E-state index is 6.68. The summed E-state index contributed by atoms with van der Waals surface area (Å²) >= 11 is 0. The third-order valence-electron chi connectivity index (χ3n) is 5.58. The van der Waals surface area contributed by atoms with Crippen LogP contribution < -0.4 is 4.74 Å². The second kappa shape index (κ2) is 7.19. The number of ether oxygens (including phenoxy) is 2. The highest BCUT2D eigenvalue weighted by atomic mass is 16.5. The smallest absolute Gasteiger partial charge is 0.119 e. The van der Waals surface area contributed by atoms with Gasteiger partial charge in [-0.25, -0.2) is 0 Å². The number of rotatable bonds is 4. The maximum absolute atomic E-state index is 6.68. The van der Waals surface area contributed by atoms with Gasteiger partial charge in [0.2, 0.25) is 0 Å². The molecule has 1 heterocycles. The molecule has 1 saturated heterocycles. The zero-order chi connectivity index (χ0) is 17.2. The molecule has 2 aromatic rings. The highest BCUT2D eigenvalue weighted by Gasteiger charge is 2.41. The van der Waals surface area contributed by atoms with Gasteiger partial charge in [-0.1, -0.05) is 43.3 Å². The lowest BCUT2D eigenvalue weighted by Gasteiger charge is -2.47. The molecular formula is C22H27NO2. The van der Waals surface area contributed by atoms with Crippen molar-refractivity contribution in [1.82, 2.24) is 4.90 Å². The first-order valence-electron chi connectivity index (χ1n) is 9.41. The fourth-order valence-corrected chi connectivity index (χ4v) is 4.36. The van der Waals surface area contributed by atoms with Gasteiger partial charge in [0.05, 0.1) is 19.3 Å². The Kier molecular flexibility index (Phi) is 4.78. The van der Waals surface area contributed by atoms with E-state index in [0.717, 1.165) is 25.3 Å². The minimum absolute atomic E-state index is 0.129. The van der Waals surface area contributed by atoms with E-state index < -0.39 is 0 Å². The summed E-state index contributed by atoms with van der Waals surface area (Å²) in [5.74, 6) is 0.923. The van der Waals surface area contributed by atoms with Crippen LogP contribution in [0.15, 0.2) is 48.5 Å². The van der Waals surface area contributed by atoms with Gasteiger partial charge in [-0.15, -0.1) is 0 Å². The van der Waals surface area contributed by atoms with Gasteiger partial charge in [-0.05, 0) is 54.6 Å². The summed E-state index contributed by atoms with van der Waals surface area (Å²) in [7, 11) is 1.74. The number of hydrogen-bond donors (Lipinski definition) is 0. The molecule has 0 saturated carbocycles. The molecule has 3 heteroatoms. The first-order chi connectivity index (χ1) is 12.3. The van der Waals surface area contributed by atoms with Crippen LogP contribution in [0.5, 0.6) is 5.75 Å². The molecule has 0 bridgehead atoms. The predicted octanol–water partition coefficient (Wildman–Crippen LogP) is 4.53. The monoisotopic (exact) mass is 337 g/mol. The van der Waals surface area contributed by atoms with Crippen LogP contribution in [-0.2, 0) is 11.2 Å². The quantitative estimate of drug-likeness (QED) is 0.818. The first kappa shape index (κ1) is 16.6. The van der Waals surface area contributed by atoms with E-state index in [0.29, 0.717) is 6.04 Å². The molecule has 2 aliphatic rings. The molecule has 2 aromatic carbocycles. The summed E-state index contributed by atoms with van der Waals surface area (Å²) < 4.78 is 12.2. The minimum atomic E-state index is 0.129. The zero-order valence-corrected chi connectivity index (χ0v) is 15.2. The van der Waals surface area contributed by atoms with Crippen molar-refractivity contribution in [2.75, 3.05) is 20.2 Å². The van der Waals surface area contributed by atoms with Crippen molar-refractivity contribution in [3.8, 4) is 5.75 Å². The number of nitrogens with zero attached hydrogens (tertiary/aromatic N) is 1. The summed E-state index contributed by atoms with van der Waals surface area (Å²) in [6.07, 6.45) is 3.73. The van der Waals surface area contributed by atoms with Crippen LogP contribution in [0, 0.1) is 0 Å². The third kappa shape index (κ3) is 3.19. The number of methoxy groups -OCH3 is 1. The number of aryl methyl sites for hydroxylation is 1. The van der Waals surface area contributed by atoms with Gasteiger partial charge < -0.3 is 9.47 Å². The van der Waals surface area contributed by atoms with E-state index in [-0.39, 0.29) is 12.2 Å².